The number of halogens is 1. The van der Waals surface area contributed by atoms with Crippen molar-refractivity contribution >= 4 is 12.4 Å². The zero-order valence-corrected chi connectivity index (χ0v) is 15.0. The first-order valence-corrected chi connectivity index (χ1v) is 7.33. The maximum Gasteiger partial charge on any atom is 0.122 e. The van der Waals surface area contributed by atoms with Gasteiger partial charge in [0.05, 0.1) is 13.2 Å². The molecule has 0 unspecified atom stereocenters. The number of hydrogen-bond donors (Lipinski definition) is 1. The summed E-state index contributed by atoms with van der Waals surface area (Å²) in [6.07, 6.45) is 0. The molecule has 1 N–H and O–H groups in total. The Kier molecular flexibility index (Phi) is 8.95. The van der Waals surface area contributed by atoms with E-state index in [0.717, 1.165) is 12.3 Å². The molecule has 4 heteroatoms. The standard InChI is InChI=1S/C17H29NO2.ClH/c1-13-11-14(2)15(3)16(12-13)20-10-9-19-8-7-18-17(4,5)6;/h11-12,18H,7-10H2,1-6H3;1H. The minimum Gasteiger partial charge on any atom is -0.491 e. The first-order valence-electron chi connectivity index (χ1n) is 7.33. The van der Waals surface area contributed by atoms with Gasteiger partial charge in [0, 0.05) is 12.1 Å². The van der Waals surface area contributed by atoms with Crippen LogP contribution in [0.2, 0.25) is 0 Å². The molecule has 0 radical (unpaired) electrons. The Morgan fingerprint density at radius 1 is 1.00 bits per heavy atom. The van der Waals surface area contributed by atoms with Gasteiger partial charge in [0.25, 0.3) is 0 Å². The van der Waals surface area contributed by atoms with Crippen molar-refractivity contribution in [3.8, 4) is 5.75 Å². The highest BCUT2D eigenvalue weighted by atomic mass is 35.5. The average molecular weight is 316 g/mol. The summed E-state index contributed by atoms with van der Waals surface area (Å²) in [5, 5.41) is 3.39. The molecule has 0 aliphatic heterocycles. The molecule has 0 bridgehead atoms. The molecule has 21 heavy (non-hydrogen) atoms. The van der Waals surface area contributed by atoms with Gasteiger partial charge in [-0.1, -0.05) is 6.07 Å². The van der Waals surface area contributed by atoms with Crippen molar-refractivity contribution in [2.24, 2.45) is 0 Å². The van der Waals surface area contributed by atoms with Crippen LogP contribution >= 0.6 is 12.4 Å². The van der Waals surface area contributed by atoms with E-state index in [4.69, 9.17) is 9.47 Å². The second kappa shape index (κ2) is 9.29. The quantitative estimate of drug-likeness (QED) is 0.776. The Labute approximate surface area is 135 Å². The highest BCUT2D eigenvalue weighted by Gasteiger charge is 2.07. The molecule has 0 heterocycles. The smallest absolute Gasteiger partial charge is 0.122 e. The fourth-order valence-electron chi connectivity index (χ4n) is 1.96. The summed E-state index contributed by atoms with van der Waals surface area (Å²) in [6.45, 7) is 15.6. The number of ether oxygens (including phenoxy) is 2. The van der Waals surface area contributed by atoms with Crippen LogP contribution in [0.25, 0.3) is 0 Å². The first kappa shape index (κ1) is 20.2. The van der Waals surface area contributed by atoms with E-state index in [2.05, 4.69) is 59.0 Å². The molecule has 0 amide bonds. The van der Waals surface area contributed by atoms with Crippen LogP contribution in [0.4, 0.5) is 0 Å². The van der Waals surface area contributed by atoms with Crippen LogP contribution in [-0.4, -0.2) is 31.9 Å². The van der Waals surface area contributed by atoms with E-state index in [1.807, 2.05) is 0 Å². The molecular weight excluding hydrogens is 286 g/mol. The van der Waals surface area contributed by atoms with Crippen molar-refractivity contribution in [1.82, 2.24) is 5.32 Å². The normalized spacial score (nSPS) is 11.1. The number of hydrogen-bond acceptors (Lipinski definition) is 3. The van der Waals surface area contributed by atoms with Gasteiger partial charge in [-0.05, 0) is 64.3 Å². The number of rotatable bonds is 7. The number of benzene rings is 1. The lowest BCUT2D eigenvalue weighted by Crippen LogP contribution is -2.38. The summed E-state index contributed by atoms with van der Waals surface area (Å²) in [6, 6.07) is 4.26. The molecule has 0 aromatic heterocycles. The van der Waals surface area contributed by atoms with Crippen molar-refractivity contribution in [3.63, 3.8) is 0 Å². The van der Waals surface area contributed by atoms with Crippen LogP contribution in [0.15, 0.2) is 12.1 Å². The molecule has 0 spiro atoms. The lowest BCUT2D eigenvalue weighted by molar-refractivity contribution is 0.0982. The molecule has 0 atom stereocenters. The van der Waals surface area contributed by atoms with Gasteiger partial charge in [-0.25, -0.2) is 0 Å². The second-order valence-electron chi connectivity index (χ2n) is 6.34. The van der Waals surface area contributed by atoms with Crippen molar-refractivity contribution in [1.29, 1.82) is 0 Å². The van der Waals surface area contributed by atoms with Gasteiger partial charge in [-0.15, -0.1) is 12.4 Å². The third kappa shape index (κ3) is 8.30. The number of nitrogens with one attached hydrogen (secondary N) is 1. The van der Waals surface area contributed by atoms with E-state index < -0.39 is 0 Å². The van der Waals surface area contributed by atoms with E-state index in [1.54, 1.807) is 0 Å². The molecule has 1 rings (SSSR count). The van der Waals surface area contributed by atoms with E-state index in [9.17, 15) is 0 Å². The van der Waals surface area contributed by atoms with Crippen LogP contribution in [0.5, 0.6) is 5.75 Å². The highest BCUT2D eigenvalue weighted by Crippen LogP contribution is 2.23. The van der Waals surface area contributed by atoms with Gasteiger partial charge in [0.2, 0.25) is 0 Å². The Balaban J connectivity index is 0.00000400. The predicted octanol–water partition coefficient (Wildman–Crippen LogP) is 3.82. The number of aryl methyl sites for hydroxylation is 2. The van der Waals surface area contributed by atoms with Gasteiger partial charge in [-0.2, -0.15) is 0 Å². The van der Waals surface area contributed by atoms with E-state index >= 15 is 0 Å². The van der Waals surface area contributed by atoms with E-state index in [1.165, 1.54) is 16.7 Å². The Hall–Kier alpha value is -0.770. The third-order valence-corrected chi connectivity index (χ3v) is 3.15. The molecule has 0 fully saturated rings. The van der Waals surface area contributed by atoms with Crippen LogP contribution in [0.1, 0.15) is 37.5 Å². The van der Waals surface area contributed by atoms with Crippen LogP contribution in [-0.2, 0) is 4.74 Å². The molecule has 122 valence electrons. The Morgan fingerprint density at radius 2 is 1.67 bits per heavy atom. The maximum absolute atomic E-state index is 5.80. The minimum absolute atomic E-state index is 0. The van der Waals surface area contributed by atoms with Crippen LogP contribution in [0, 0.1) is 20.8 Å². The van der Waals surface area contributed by atoms with E-state index in [0.29, 0.717) is 19.8 Å². The summed E-state index contributed by atoms with van der Waals surface area (Å²) in [5.74, 6) is 0.971. The average Bonchev–Trinajstić information content (AvgIpc) is 2.32. The Morgan fingerprint density at radius 3 is 2.29 bits per heavy atom. The topological polar surface area (TPSA) is 30.5 Å². The minimum atomic E-state index is 0. The van der Waals surface area contributed by atoms with Gasteiger partial charge in [0.1, 0.15) is 12.4 Å². The largest absolute Gasteiger partial charge is 0.491 e. The molecule has 0 saturated heterocycles. The van der Waals surface area contributed by atoms with Gasteiger partial charge >= 0.3 is 0 Å². The lowest BCUT2D eigenvalue weighted by Gasteiger charge is -2.20. The van der Waals surface area contributed by atoms with Crippen molar-refractivity contribution in [3.05, 3.63) is 28.8 Å². The first-order chi connectivity index (χ1) is 9.29. The van der Waals surface area contributed by atoms with Crippen molar-refractivity contribution in [2.45, 2.75) is 47.1 Å². The molecule has 0 aliphatic rings. The zero-order chi connectivity index (χ0) is 15.2. The van der Waals surface area contributed by atoms with Crippen LogP contribution in [0.3, 0.4) is 0 Å². The second-order valence-corrected chi connectivity index (χ2v) is 6.34. The Bertz CT molecular complexity index is 428. The maximum atomic E-state index is 5.80. The van der Waals surface area contributed by atoms with E-state index in [-0.39, 0.29) is 17.9 Å². The summed E-state index contributed by atoms with van der Waals surface area (Å²) < 4.78 is 11.4. The fraction of sp³-hybridized carbons (Fsp3) is 0.647. The molecule has 0 aliphatic carbocycles. The summed E-state index contributed by atoms with van der Waals surface area (Å²) in [4.78, 5) is 0. The van der Waals surface area contributed by atoms with Crippen molar-refractivity contribution in [2.75, 3.05) is 26.4 Å². The zero-order valence-electron chi connectivity index (χ0n) is 14.2. The molecule has 0 saturated carbocycles. The highest BCUT2D eigenvalue weighted by molar-refractivity contribution is 5.85. The van der Waals surface area contributed by atoms with Gasteiger partial charge < -0.3 is 14.8 Å². The summed E-state index contributed by atoms with van der Waals surface area (Å²) in [7, 11) is 0. The lowest BCUT2D eigenvalue weighted by atomic mass is 10.1. The molecular formula is C17H30ClNO2. The molecule has 1 aromatic rings. The summed E-state index contributed by atoms with van der Waals surface area (Å²) in [5.41, 5.74) is 3.87. The molecule has 1 aromatic carbocycles. The van der Waals surface area contributed by atoms with Crippen molar-refractivity contribution < 1.29 is 9.47 Å². The summed E-state index contributed by atoms with van der Waals surface area (Å²) >= 11 is 0. The predicted molar refractivity (Wildman–Crippen MR) is 92.0 cm³/mol. The SMILES string of the molecule is Cc1cc(C)c(C)c(OCCOCCNC(C)(C)C)c1.Cl. The van der Waals surface area contributed by atoms with Gasteiger partial charge in [0.15, 0.2) is 0 Å². The fourth-order valence-corrected chi connectivity index (χ4v) is 1.96. The van der Waals surface area contributed by atoms with Gasteiger partial charge in [-0.3, -0.25) is 0 Å². The molecule has 3 nitrogen and oxygen atoms in total. The third-order valence-electron chi connectivity index (χ3n) is 3.15. The monoisotopic (exact) mass is 315 g/mol. The van der Waals surface area contributed by atoms with Crippen LogP contribution < -0.4 is 10.1 Å².